The highest BCUT2D eigenvalue weighted by Gasteiger charge is 2.09. The van der Waals surface area contributed by atoms with Gasteiger partial charge in [-0.25, -0.2) is 0 Å². The van der Waals surface area contributed by atoms with E-state index in [0.717, 1.165) is 18.4 Å². The zero-order valence-corrected chi connectivity index (χ0v) is 11.7. The van der Waals surface area contributed by atoms with Crippen LogP contribution in [0.4, 0.5) is 0 Å². The van der Waals surface area contributed by atoms with Crippen molar-refractivity contribution in [2.75, 3.05) is 13.6 Å². The molecule has 1 aromatic heterocycles. The average Bonchev–Trinajstić information content (AvgIpc) is 2.88. The van der Waals surface area contributed by atoms with E-state index in [-0.39, 0.29) is 5.91 Å². The number of nitrogens with one attached hydrogen (secondary N) is 1. The van der Waals surface area contributed by atoms with Gasteiger partial charge < -0.3 is 9.88 Å². The summed E-state index contributed by atoms with van der Waals surface area (Å²) < 4.78 is 0. The van der Waals surface area contributed by atoms with Crippen molar-refractivity contribution in [1.29, 1.82) is 5.26 Å². The standard InChI is InChI=1S/C16H19N3O/c1-19(11-5-10-17)16(20)9-4-6-13-12-18-15-8-3-2-7-14(13)15/h2-3,7-8,12,18H,4-6,9,11H2,1H3. The highest BCUT2D eigenvalue weighted by Crippen LogP contribution is 2.19. The molecule has 104 valence electrons. The lowest BCUT2D eigenvalue weighted by Crippen LogP contribution is -2.27. The van der Waals surface area contributed by atoms with E-state index in [1.54, 1.807) is 11.9 Å². The fraction of sp³-hybridized carbons (Fsp3) is 0.375. The van der Waals surface area contributed by atoms with Crippen LogP contribution in [0.1, 0.15) is 24.8 Å². The minimum atomic E-state index is 0.111. The first-order valence-corrected chi connectivity index (χ1v) is 6.88. The van der Waals surface area contributed by atoms with Crippen LogP contribution < -0.4 is 0 Å². The number of para-hydroxylation sites is 1. The zero-order valence-electron chi connectivity index (χ0n) is 11.7. The summed E-state index contributed by atoms with van der Waals surface area (Å²) in [4.78, 5) is 16.7. The number of benzene rings is 1. The third-order valence-corrected chi connectivity index (χ3v) is 3.50. The number of hydrogen-bond acceptors (Lipinski definition) is 2. The summed E-state index contributed by atoms with van der Waals surface area (Å²) in [6, 6.07) is 10.2. The summed E-state index contributed by atoms with van der Waals surface area (Å²) in [6.45, 7) is 0.516. The topological polar surface area (TPSA) is 59.9 Å². The van der Waals surface area contributed by atoms with Crippen LogP contribution in [0, 0.1) is 11.3 Å². The molecule has 20 heavy (non-hydrogen) atoms. The largest absolute Gasteiger partial charge is 0.361 e. The molecular formula is C16H19N3O. The lowest BCUT2D eigenvalue weighted by atomic mass is 10.1. The minimum Gasteiger partial charge on any atom is -0.361 e. The van der Waals surface area contributed by atoms with Gasteiger partial charge in [0.25, 0.3) is 0 Å². The van der Waals surface area contributed by atoms with E-state index in [0.29, 0.717) is 19.4 Å². The number of amides is 1. The Morgan fingerprint density at radius 2 is 2.20 bits per heavy atom. The molecular weight excluding hydrogens is 250 g/mol. The summed E-state index contributed by atoms with van der Waals surface area (Å²) in [6.07, 6.45) is 4.67. The number of aryl methyl sites for hydroxylation is 1. The number of fused-ring (bicyclic) bond motifs is 1. The fourth-order valence-corrected chi connectivity index (χ4v) is 2.30. The van der Waals surface area contributed by atoms with Crippen LogP contribution in [-0.4, -0.2) is 29.4 Å². The molecule has 0 aliphatic rings. The Hall–Kier alpha value is -2.28. The molecule has 0 saturated carbocycles. The number of H-pyrrole nitrogens is 1. The van der Waals surface area contributed by atoms with E-state index in [9.17, 15) is 4.79 Å². The third-order valence-electron chi connectivity index (χ3n) is 3.50. The normalized spacial score (nSPS) is 10.4. The number of rotatable bonds is 6. The summed E-state index contributed by atoms with van der Waals surface area (Å²) in [5.74, 6) is 0.111. The van der Waals surface area contributed by atoms with Gasteiger partial charge in [-0.1, -0.05) is 18.2 Å². The Morgan fingerprint density at radius 3 is 3.00 bits per heavy atom. The van der Waals surface area contributed by atoms with Crippen molar-refractivity contribution in [3.63, 3.8) is 0 Å². The van der Waals surface area contributed by atoms with Crippen molar-refractivity contribution in [3.05, 3.63) is 36.0 Å². The fourth-order valence-electron chi connectivity index (χ4n) is 2.30. The van der Waals surface area contributed by atoms with Crippen LogP contribution in [0.25, 0.3) is 10.9 Å². The van der Waals surface area contributed by atoms with Crippen molar-refractivity contribution in [1.82, 2.24) is 9.88 Å². The van der Waals surface area contributed by atoms with E-state index in [1.807, 2.05) is 18.3 Å². The second kappa shape index (κ2) is 6.76. The Kier molecular flexibility index (Phi) is 4.78. The third kappa shape index (κ3) is 3.39. The number of nitrogens with zero attached hydrogens (tertiary/aromatic N) is 2. The molecule has 0 spiro atoms. The van der Waals surface area contributed by atoms with Gasteiger partial charge in [0.05, 0.1) is 12.5 Å². The van der Waals surface area contributed by atoms with Crippen LogP contribution in [0.3, 0.4) is 0 Å². The number of hydrogen-bond donors (Lipinski definition) is 1. The Balaban J connectivity index is 1.84. The quantitative estimate of drug-likeness (QED) is 0.876. The van der Waals surface area contributed by atoms with E-state index < -0.39 is 0 Å². The second-order valence-corrected chi connectivity index (χ2v) is 4.94. The minimum absolute atomic E-state index is 0.111. The number of carbonyl (C=O) groups is 1. The lowest BCUT2D eigenvalue weighted by Gasteiger charge is -2.15. The summed E-state index contributed by atoms with van der Waals surface area (Å²) in [7, 11) is 1.76. The first-order valence-electron chi connectivity index (χ1n) is 6.88. The van der Waals surface area contributed by atoms with Gasteiger partial charge in [0.1, 0.15) is 0 Å². The molecule has 4 nitrogen and oxygen atoms in total. The van der Waals surface area contributed by atoms with Gasteiger partial charge in [0.2, 0.25) is 5.91 Å². The average molecular weight is 269 g/mol. The Bertz CT molecular complexity index is 624. The molecule has 1 aromatic carbocycles. The van der Waals surface area contributed by atoms with E-state index >= 15 is 0 Å². The molecule has 0 unspecified atom stereocenters. The van der Waals surface area contributed by atoms with E-state index in [4.69, 9.17) is 5.26 Å². The predicted molar refractivity (Wildman–Crippen MR) is 79.1 cm³/mol. The number of aromatic nitrogens is 1. The van der Waals surface area contributed by atoms with Crippen molar-refractivity contribution in [2.24, 2.45) is 0 Å². The van der Waals surface area contributed by atoms with Gasteiger partial charge in [0.15, 0.2) is 0 Å². The summed E-state index contributed by atoms with van der Waals surface area (Å²) in [5.41, 5.74) is 2.40. The van der Waals surface area contributed by atoms with Crippen LogP contribution in [0.15, 0.2) is 30.5 Å². The molecule has 0 aliphatic carbocycles. The van der Waals surface area contributed by atoms with Crippen LogP contribution >= 0.6 is 0 Å². The molecule has 1 heterocycles. The number of carbonyl (C=O) groups excluding carboxylic acids is 1. The SMILES string of the molecule is CN(CCC#N)C(=O)CCCc1c[nH]c2ccccc12. The van der Waals surface area contributed by atoms with Crippen molar-refractivity contribution in [2.45, 2.75) is 25.7 Å². The highest BCUT2D eigenvalue weighted by atomic mass is 16.2. The first kappa shape index (κ1) is 14.1. The van der Waals surface area contributed by atoms with Gasteiger partial charge >= 0.3 is 0 Å². The molecule has 0 bridgehead atoms. The van der Waals surface area contributed by atoms with Gasteiger partial charge in [-0.3, -0.25) is 4.79 Å². The molecule has 1 N–H and O–H groups in total. The molecule has 0 atom stereocenters. The van der Waals surface area contributed by atoms with Crippen molar-refractivity contribution >= 4 is 16.8 Å². The monoisotopic (exact) mass is 269 g/mol. The number of nitriles is 1. The molecule has 1 amide bonds. The van der Waals surface area contributed by atoms with Crippen molar-refractivity contribution < 1.29 is 4.79 Å². The predicted octanol–water partition coefficient (Wildman–Crippen LogP) is 2.86. The lowest BCUT2D eigenvalue weighted by molar-refractivity contribution is -0.129. The molecule has 4 heteroatoms. The van der Waals surface area contributed by atoms with Crippen LogP contribution in [-0.2, 0) is 11.2 Å². The molecule has 0 saturated heterocycles. The zero-order chi connectivity index (χ0) is 14.4. The van der Waals surface area contributed by atoms with Crippen LogP contribution in [0.2, 0.25) is 0 Å². The van der Waals surface area contributed by atoms with Crippen molar-refractivity contribution in [3.8, 4) is 6.07 Å². The summed E-state index contributed by atoms with van der Waals surface area (Å²) >= 11 is 0. The molecule has 0 fully saturated rings. The maximum atomic E-state index is 11.8. The molecule has 0 aliphatic heterocycles. The Labute approximate surface area is 119 Å². The number of aromatic amines is 1. The maximum absolute atomic E-state index is 11.8. The van der Waals surface area contributed by atoms with Gasteiger partial charge in [-0.2, -0.15) is 5.26 Å². The highest BCUT2D eigenvalue weighted by molar-refractivity contribution is 5.83. The van der Waals surface area contributed by atoms with E-state index in [2.05, 4.69) is 23.2 Å². The van der Waals surface area contributed by atoms with Gasteiger partial charge in [-0.05, 0) is 24.5 Å². The molecule has 2 rings (SSSR count). The molecule has 0 radical (unpaired) electrons. The van der Waals surface area contributed by atoms with E-state index in [1.165, 1.54) is 10.9 Å². The summed E-state index contributed by atoms with van der Waals surface area (Å²) in [5, 5.41) is 9.74. The second-order valence-electron chi connectivity index (χ2n) is 4.94. The maximum Gasteiger partial charge on any atom is 0.222 e. The smallest absolute Gasteiger partial charge is 0.222 e. The van der Waals surface area contributed by atoms with Gasteiger partial charge in [0, 0.05) is 37.1 Å². The Morgan fingerprint density at radius 1 is 1.40 bits per heavy atom. The van der Waals surface area contributed by atoms with Crippen LogP contribution in [0.5, 0.6) is 0 Å². The molecule has 2 aromatic rings. The van der Waals surface area contributed by atoms with Gasteiger partial charge in [-0.15, -0.1) is 0 Å². The first-order chi connectivity index (χ1) is 9.72.